The molecule has 1 aromatic carbocycles. The molecule has 3 nitrogen and oxygen atoms in total. The second kappa shape index (κ2) is 6.60. The molecular formula is C16H24N2O. The minimum absolute atomic E-state index is 0.0477. The summed E-state index contributed by atoms with van der Waals surface area (Å²) in [5.41, 5.74) is 2.81. The molecular weight excluding hydrogens is 236 g/mol. The van der Waals surface area contributed by atoms with Gasteiger partial charge in [-0.05, 0) is 44.7 Å². The molecule has 1 saturated carbocycles. The lowest BCUT2D eigenvalue weighted by Crippen LogP contribution is -2.29. The van der Waals surface area contributed by atoms with Crippen molar-refractivity contribution in [2.75, 3.05) is 18.4 Å². The predicted octanol–water partition coefficient (Wildman–Crippen LogP) is 3.35. The first-order valence-electron chi connectivity index (χ1n) is 7.33. The Morgan fingerprint density at radius 1 is 1.32 bits per heavy atom. The van der Waals surface area contributed by atoms with Crippen molar-refractivity contribution in [3.05, 3.63) is 29.3 Å². The second-order valence-electron chi connectivity index (χ2n) is 5.44. The number of benzene rings is 1. The largest absolute Gasteiger partial charge is 0.385 e. The van der Waals surface area contributed by atoms with Gasteiger partial charge in [-0.15, -0.1) is 0 Å². The maximum absolute atomic E-state index is 12.3. The highest BCUT2D eigenvalue weighted by atomic mass is 16.1. The van der Waals surface area contributed by atoms with Crippen molar-refractivity contribution in [1.29, 1.82) is 0 Å². The minimum atomic E-state index is 0.0477. The number of hydrogen-bond acceptors (Lipinski definition) is 2. The van der Waals surface area contributed by atoms with Gasteiger partial charge in [0.25, 0.3) is 5.91 Å². The van der Waals surface area contributed by atoms with E-state index in [2.05, 4.69) is 10.6 Å². The van der Waals surface area contributed by atoms with Crippen molar-refractivity contribution in [3.63, 3.8) is 0 Å². The first-order chi connectivity index (χ1) is 9.20. The van der Waals surface area contributed by atoms with E-state index in [0.717, 1.165) is 29.9 Å². The Balaban J connectivity index is 2.02. The normalized spacial score (nSPS) is 15.5. The monoisotopic (exact) mass is 260 g/mol. The van der Waals surface area contributed by atoms with E-state index in [9.17, 15) is 4.79 Å². The Labute approximate surface area is 115 Å². The molecule has 0 bridgehead atoms. The highest BCUT2D eigenvalue weighted by Crippen LogP contribution is 2.24. The molecule has 2 N–H and O–H groups in total. The fourth-order valence-corrected chi connectivity index (χ4v) is 2.74. The Morgan fingerprint density at radius 2 is 2.05 bits per heavy atom. The van der Waals surface area contributed by atoms with E-state index in [-0.39, 0.29) is 5.91 Å². The van der Waals surface area contributed by atoms with Crippen LogP contribution in [0.15, 0.2) is 18.2 Å². The van der Waals surface area contributed by atoms with Crippen LogP contribution in [0.3, 0.4) is 0 Å². The van der Waals surface area contributed by atoms with Gasteiger partial charge >= 0.3 is 0 Å². The topological polar surface area (TPSA) is 41.1 Å². The molecule has 1 fully saturated rings. The summed E-state index contributed by atoms with van der Waals surface area (Å²) in [4.78, 5) is 12.3. The number of carbonyl (C=O) groups is 1. The lowest BCUT2D eigenvalue weighted by Gasteiger charge is -2.14. The number of nitrogens with one attached hydrogen (secondary N) is 2. The lowest BCUT2D eigenvalue weighted by molar-refractivity contribution is 0.0948. The SMILES string of the molecule is CCNc1ccc(C)cc1C(=O)NCC1CCCC1. The third kappa shape index (κ3) is 3.72. The molecule has 2 rings (SSSR count). The van der Waals surface area contributed by atoms with Crippen molar-refractivity contribution in [2.24, 2.45) is 5.92 Å². The van der Waals surface area contributed by atoms with E-state index in [1.54, 1.807) is 0 Å². The molecule has 1 aromatic rings. The van der Waals surface area contributed by atoms with Gasteiger partial charge in [0.1, 0.15) is 0 Å². The van der Waals surface area contributed by atoms with Crippen molar-refractivity contribution in [3.8, 4) is 0 Å². The third-order valence-electron chi connectivity index (χ3n) is 3.81. The van der Waals surface area contributed by atoms with Gasteiger partial charge in [0.05, 0.1) is 5.56 Å². The Morgan fingerprint density at radius 3 is 2.74 bits per heavy atom. The summed E-state index contributed by atoms with van der Waals surface area (Å²) in [6, 6.07) is 5.98. The van der Waals surface area contributed by atoms with Crippen LogP contribution in [0.1, 0.15) is 48.5 Å². The molecule has 0 unspecified atom stereocenters. The predicted molar refractivity (Wildman–Crippen MR) is 79.6 cm³/mol. The molecule has 3 heteroatoms. The number of amides is 1. The zero-order valence-corrected chi connectivity index (χ0v) is 12.0. The molecule has 1 aliphatic carbocycles. The summed E-state index contributed by atoms with van der Waals surface area (Å²) < 4.78 is 0. The van der Waals surface area contributed by atoms with Gasteiger partial charge in [0.2, 0.25) is 0 Å². The number of hydrogen-bond donors (Lipinski definition) is 2. The number of aryl methyl sites for hydroxylation is 1. The molecule has 0 heterocycles. The van der Waals surface area contributed by atoms with Crippen molar-refractivity contribution < 1.29 is 4.79 Å². The molecule has 0 saturated heterocycles. The van der Waals surface area contributed by atoms with Crippen LogP contribution in [0.4, 0.5) is 5.69 Å². The van der Waals surface area contributed by atoms with E-state index < -0.39 is 0 Å². The highest BCUT2D eigenvalue weighted by Gasteiger charge is 2.17. The van der Waals surface area contributed by atoms with E-state index in [1.165, 1.54) is 25.7 Å². The summed E-state index contributed by atoms with van der Waals surface area (Å²) in [5.74, 6) is 0.725. The highest BCUT2D eigenvalue weighted by molar-refractivity contribution is 5.99. The van der Waals surface area contributed by atoms with Crippen LogP contribution in [-0.2, 0) is 0 Å². The van der Waals surface area contributed by atoms with Crippen LogP contribution < -0.4 is 10.6 Å². The van der Waals surface area contributed by atoms with E-state index in [4.69, 9.17) is 0 Å². The Kier molecular flexibility index (Phi) is 4.83. The van der Waals surface area contributed by atoms with Crippen LogP contribution in [0, 0.1) is 12.8 Å². The van der Waals surface area contributed by atoms with E-state index >= 15 is 0 Å². The maximum Gasteiger partial charge on any atom is 0.253 e. The van der Waals surface area contributed by atoms with Crippen molar-refractivity contribution >= 4 is 11.6 Å². The standard InChI is InChI=1S/C16H24N2O/c1-3-17-15-9-8-12(2)10-14(15)16(19)18-11-13-6-4-5-7-13/h8-10,13,17H,3-7,11H2,1-2H3,(H,18,19). The van der Waals surface area contributed by atoms with Crippen LogP contribution in [-0.4, -0.2) is 19.0 Å². The molecule has 19 heavy (non-hydrogen) atoms. The Hall–Kier alpha value is -1.51. The van der Waals surface area contributed by atoms with Gasteiger partial charge in [0.15, 0.2) is 0 Å². The summed E-state index contributed by atoms with van der Waals surface area (Å²) >= 11 is 0. The van der Waals surface area contributed by atoms with Crippen molar-refractivity contribution in [2.45, 2.75) is 39.5 Å². The zero-order valence-electron chi connectivity index (χ0n) is 12.0. The van der Waals surface area contributed by atoms with Gasteiger partial charge in [-0.1, -0.05) is 24.5 Å². The quantitative estimate of drug-likeness (QED) is 0.852. The number of carbonyl (C=O) groups excluding carboxylic acids is 1. The van der Waals surface area contributed by atoms with E-state index in [1.807, 2.05) is 32.0 Å². The first kappa shape index (κ1) is 13.9. The van der Waals surface area contributed by atoms with Crippen LogP contribution >= 0.6 is 0 Å². The smallest absolute Gasteiger partial charge is 0.253 e. The summed E-state index contributed by atoms with van der Waals surface area (Å²) in [7, 11) is 0. The molecule has 0 atom stereocenters. The zero-order chi connectivity index (χ0) is 13.7. The minimum Gasteiger partial charge on any atom is -0.385 e. The van der Waals surface area contributed by atoms with Gasteiger partial charge in [0, 0.05) is 18.8 Å². The molecule has 0 spiro atoms. The van der Waals surface area contributed by atoms with E-state index in [0.29, 0.717) is 5.92 Å². The average Bonchev–Trinajstić information content (AvgIpc) is 2.91. The van der Waals surface area contributed by atoms with Crippen molar-refractivity contribution in [1.82, 2.24) is 5.32 Å². The molecule has 1 amide bonds. The van der Waals surface area contributed by atoms with Gasteiger partial charge in [-0.25, -0.2) is 0 Å². The maximum atomic E-state index is 12.3. The number of rotatable bonds is 5. The summed E-state index contributed by atoms with van der Waals surface area (Å²) in [6.07, 6.45) is 5.14. The Bertz CT molecular complexity index is 436. The lowest BCUT2D eigenvalue weighted by atomic mass is 10.1. The van der Waals surface area contributed by atoms with Gasteiger partial charge in [-0.2, -0.15) is 0 Å². The average molecular weight is 260 g/mol. The van der Waals surface area contributed by atoms with Crippen LogP contribution in [0.5, 0.6) is 0 Å². The fraction of sp³-hybridized carbons (Fsp3) is 0.562. The van der Waals surface area contributed by atoms with Gasteiger partial charge < -0.3 is 10.6 Å². The third-order valence-corrected chi connectivity index (χ3v) is 3.81. The molecule has 0 radical (unpaired) electrons. The second-order valence-corrected chi connectivity index (χ2v) is 5.44. The molecule has 1 aliphatic rings. The molecule has 0 aliphatic heterocycles. The number of anilines is 1. The van der Waals surface area contributed by atoms with Crippen LogP contribution in [0.2, 0.25) is 0 Å². The summed E-state index contributed by atoms with van der Waals surface area (Å²) in [6.45, 7) is 5.70. The first-order valence-corrected chi connectivity index (χ1v) is 7.33. The fourth-order valence-electron chi connectivity index (χ4n) is 2.74. The molecule has 104 valence electrons. The summed E-state index contributed by atoms with van der Waals surface area (Å²) in [5, 5.41) is 6.34. The van der Waals surface area contributed by atoms with Crippen LogP contribution in [0.25, 0.3) is 0 Å². The van der Waals surface area contributed by atoms with Gasteiger partial charge in [-0.3, -0.25) is 4.79 Å². The molecule has 0 aromatic heterocycles.